The Hall–Kier alpha value is -1.30. The number of amides is 1. The number of nitrogens with zero attached hydrogens (tertiary/aromatic N) is 1. The summed E-state index contributed by atoms with van der Waals surface area (Å²) in [5.41, 5.74) is 0.456. The summed E-state index contributed by atoms with van der Waals surface area (Å²) in [6.07, 6.45) is 1.42. The third-order valence-corrected chi connectivity index (χ3v) is 4.76. The molecular formula is C15H18Cl2N2O3. The molecule has 2 atom stereocenters. The molecule has 1 aliphatic rings. The molecule has 1 aliphatic heterocycles. The molecule has 0 aromatic heterocycles. The molecular weight excluding hydrogens is 327 g/mol. The molecule has 0 spiro atoms. The molecule has 1 saturated heterocycles. The number of anilines is 1. The molecule has 0 aliphatic carbocycles. The van der Waals surface area contributed by atoms with E-state index in [0.29, 0.717) is 35.2 Å². The Bertz CT molecular complexity index is 580. The van der Waals surface area contributed by atoms with E-state index >= 15 is 0 Å². The first-order valence-electron chi connectivity index (χ1n) is 7.12. The minimum atomic E-state index is -0.810. The fraction of sp³-hybridized carbons (Fsp3) is 0.467. The van der Waals surface area contributed by atoms with Gasteiger partial charge in [-0.2, -0.15) is 0 Å². The second-order valence-electron chi connectivity index (χ2n) is 5.44. The van der Waals surface area contributed by atoms with E-state index in [1.165, 1.54) is 0 Å². The van der Waals surface area contributed by atoms with Crippen LogP contribution in [0, 0.1) is 5.92 Å². The van der Waals surface area contributed by atoms with Crippen molar-refractivity contribution in [2.24, 2.45) is 5.92 Å². The van der Waals surface area contributed by atoms with Crippen LogP contribution in [0.2, 0.25) is 10.0 Å². The monoisotopic (exact) mass is 344 g/mol. The largest absolute Gasteiger partial charge is 0.481 e. The highest BCUT2D eigenvalue weighted by Gasteiger charge is 2.30. The van der Waals surface area contributed by atoms with Gasteiger partial charge in [-0.1, -0.05) is 29.3 Å². The van der Waals surface area contributed by atoms with Crippen molar-refractivity contribution >= 4 is 40.8 Å². The van der Waals surface area contributed by atoms with Gasteiger partial charge in [-0.05, 0) is 38.4 Å². The van der Waals surface area contributed by atoms with E-state index in [2.05, 4.69) is 5.32 Å². The van der Waals surface area contributed by atoms with Gasteiger partial charge >= 0.3 is 5.97 Å². The number of carboxylic acids is 1. The lowest BCUT2D eigenvalue weighted by Gasteiger charge is -2.34. The van der Waals surface area contributed by atoms with Gasteiger partial charge in [-0.25, -0.2) is 0 Å². The van der Waals surface area contributed by atoms with E-state index in [4.69, 9.17) is 28.3 Å². The van der Waals surface area contributed by atoms with Gasteiger partial charge in [-0.3, -0.25) is 14.5 Å². The first kappa shape index (κ1) is 17.1. The van der Waals surface area contributed by atoms with E-state index in [1.54, 1.807) is 25.1 Å². The number of aliphatic carboxylic acids is 1. The zero-order chi connectivity index (χ0) is 16.3. The van der Waals surface area contributed by atoms with Gasteiger partial charge in [0, 0.05) is 6.54 Å². The maximum absolute atomic E-state index is 12.3. The van der Waals surface area contributed by atoms with E-state index in [-0.39, 0.29) is 5.91 Å². The van der Waals surface area contributed by atoms with Crippen LogP contribution in [-0.2, 0) is 9.59 Å². The van der Waals surface area contributed by atoms with Crippen molar-refractivity contribution in [1.29, 1.82) is 0 Å². The SMILES string of the molecule is CC(C(=O)Nc1cccc(Cl)c1Cl)N1CCCC(C(=O)O)C1. The molecule has 2 unspecified atom stereocenters. The summed E-state index contributed by atoms with van der Waals surface area (Å²) < 4.78 is 0. The Morgan fingerprint density at radius 2 is 2.14 bits per heavy atom. The average Bonchev–Trinajstić information content (AvgIpc) is 2.51. The molecule has 1 heterocycles. The summed E-state index contributed by atoms with van der Waals surface area (Å²) in [6, 6.07) is 4.59. The Morgan fingerprint density at radius 1 is 1.41 bits per heavy atom. The van der Waals surface area contributed by atoms with Gasteiger partial charge in [-0.15, -0.1) is 0 Å². The molecule has 2 rings (SSSR count). The van der Waals surface area contributed by atoms with Crippen LogP contribution >= 0.6 is 23.2 Å². The molecule has 5 nitrogen and oxygen atoms in total. The molecule has 0 bridgehead atoms. The number of halogens is 2. The van der Waals surface area contributed by atoms with Crippen molar-refractivity contribution in [2.75, 3.05) is 18.4 Å². The number of piperidine rings is 1. The van der Waals surface area contributed by atoms with Crippen molar-refractivity contribution < 1.29 is 14.7 Å². The van der Waals surface area contributed by atoms with Crippen LogP contribution in [0.5, 0.6) is 0 Å². The predicted molar refractivity (Wildman–Crippen MR) is 86.5 cm³/mol. The normalized spacial score (nSPS) is 20.4. The summed E-state index contributed by atoms with van der Waals surface area (Å²) in [5.74, 6) is -1.45. The molecule has 1 aromatic rings. The summed E-state index contributed by atoms with van der Waals surface area (Å²) in [7, 11) is 0. The second-order valence-corrected chi connectivity index (χ2v) is 6.22. The average molecular weight is 345 g/mol. The third kappa shape index (κ3) is 3.91. The van der Waals surface area contributed by atoms with Crippen molar-refractivity contribution in [3.8, 4) is 0 Å². The lowest BCUT2D eigenvalue weighted by atomic mass is 9.97. The molecule has 1 aromatic carbocycles. The smallest absolute Gasteiger partial charge is 0.307 e. The maximum Gasteiger partial charge on any atom is 0.307 e. The van der Waals surface area contributed by atoms with Crippen LogP contribution in [0.1, 0.15) is 19.8 Å². The summed E-state index contributed by atoms with van der Waals surface area (Å²) in [6.45, 7) is 2.85. The number of likely N-dealkylation sites (tertiary alicyclic amines) is 1. The van der Waals surface area contributed by atoms with Crippen LogP contribution in [0.3, 0.4) is 0 Å². The number of benzene rings is 1. The number of nitrogens with one attached hydrogen (secondary N) is 1. The van der Waals surface area contributed by atoms with Gasteiger partial charge < -0.3 is 10.4 Å². The third-order valence-electron chi connectivity index (χ3n) is 3.94. The highest BCUT2D eigenvalue weighted by Crippen LogP contribution is 2.30. The van der Waals surface area contributed by atoms with Crippen LogP contribution in [0.4, 0.5) is 5.69 Å². The number of carbonyl (C=O) groups excluding carboxylic acids is 1. The van der Waals surface area contributed by atoms with Gasteiger partial charge in [0.25, 0.3) is 0 Å². The molecule has 7 heteroatoms. The highest BCUT2D eigenvalue weighted by atomic mass is 35.5. The van der Waals surface area contributed by atoms with Crippen LogP contribution in [0.15, 0.2) is 18.2 Å². The Kier molecular flexibility index (Phi) is 5.67. The van der Waals surface area contributed by atoms with Crippen molar-refractivity contribution in [3.05, 3.63) is 28.2 Å². The molecule has 2 N–H and O–H groups in total. The van der Waals surface area contributed by atoms with E-state index < -0.39 is 17.9 Å². The first-order valence-corrected chi connectivity index (χ1v) is 7.87. The topological polar surface area (TPSA) is 69.6 Å². The number of carbonyl (C=O) groups is 2. The van der Waals surface area contributed by atoms with Gasteiger partial charge in [0.15, 0.2) is 0 Å². The zero-order valence-corrected chi connectivity index (χ0v) is 13.7. The quantitative estimate of drug-likeness (QED) is 0.880. The Morgan fingerprint density at radius 3 is 2.82 bits per heavy atom. The number of rotatable bonds is 4. The summed E-state index contributed by atoms with van der Waals surface area (Å²) >= 11 is 12.0. The number of carboxylic acid groups (broad SMARTS) is 1. The maximum atomic E-state index is 12.3. The fourth-order valence-electron chi connectivity index (χ4n) is 2.56. The molecule has 22 heavy (non-hydrogen) atoms. The highest BCUT2D eigenvalue weighted by molar-refractivity contribution is 6.44. The summed E-state index contributed by atoms with van der Waals surface area (Å²) in [4.78, 5) is 25.3. The predicted octanol–water partition coefficient (Wildman–Crippen LogP) is 3.12. The Balaban J connectivity index is 2.02. The minimum absolute atomic E-state index is 0.227. The van der Waals surface area contributed by atoms with Crippen molar-refractivity contribution in [1.82, 2.24) is 4.90 Å². The van der Waals surface area contributed by atoms with E-state index in [9.17, 15) is 9.59 Å². The van der Waals surface area contributed by atoms with Crippen molar-refractivity contribution in [3.63, 3.8) is 0 Å². The number of hydrogen-bond acceptors (Lipinski definition) is 3. The lowest BCUT2D eigenvalue weighted by Crippen LogP contribution is -2.48. The zero-order valence-electron chi connectivity index (χ0n) is 12.2. The minimum Gasteiger partial charge on any atom is -0.481 e. The number of hydrogen-bond donors (Lipinski definition) is 2. The van der Waals surface area contributed by atoms with Crippen molar-refractivity contribution in [2.45, 2.75) is 25.8 Å². The molecule has 0 saturated carbocycles. The molecule has 0 radical (unpaired) electrons. The molecule has 1 amide bonds. The van der Waals surface area contributed by atoms with Crippen LogP contribution in [-0.4, -0.2) is 41.0 Å². The van der Waals surface area contributed by atoms with Gasteiger partial charge in [0.2, 0.25) is 5.91 Å². The van der Waals surface area contributed by atoms with E-state index in [1.807, 2.05) is 4.90 Å². The molecule has 120 valence electrons. The first-order chi connectivity index (χ1) is 10.4. The van der Waals surface area contributed by atoms with E-state index in [0.717, 1.165) is 6.42 Å². The van der Waals surface area contributed by atoms with Gasteiger partial charge in [0.05, 0.1) is 27.7 Å². The summed E-state index contributed by atoms with van der Waals surface area (Å²) in [5, 5.41) is 12.5. The second kappa shape index (κ2) is 7.31. The van der Waals surface area contributed by atoms with Crippen LogP contribution < -0.4 is 5.32 Å². The Labute approximate surface area is 139 Å². The standard InChI is InChI=1S/C15H18Cl2N2O3/c1-9(19-7-3-4-10(8-19)15(21)22)14(20)18-12-6-2-5-11(16)13(12)17/h2,5-6,9-10H,3-4,7-8H2,1H3,(H,18,20)(H,21,22). The lowest BCUT2D eigenvalue weighted by molar-refractivity contribution is -0.144. The molecule has 1 fully saturated rings. The van der Waals surface area contributed by atoms with Gasteiger partial charge in [0.1, 0.15) is 0 Å². The fourth-order valence-corrected chi connectivity index (χ4v) is 2.91. The van der Waals surface area contributed by atoms with Crippen LogP contribution in [0.25, 0.3) is 0 Å².